The Balaban J connectivity index is 2.03. The molecule has 1 N–H and O–H groups in total. The third-order valence-electron chi connectivity index (χ3n) is 5.12. The van der Waals surface area contributed by atoms with Crippen LogP contribution in [0.1, 0.15) is 33.5 Å². The largest absolute Gasteiger partial charge is 0.506 e. The van der Waals surface area contributed by atoms with Crippen molar-refractivity contribution in [2.75, 3.05) is 27.2 Å². The molecule has 0 unspecified atom stereocenters. The highest BCUT2D eigenvalue weighted by atomic mass is 16.5. The minimum Gasteiger partial charge on any atom is -0.506 e. The van der Waals surface area contributed by atoms with Crippen molar-refractivity contribution < 1.29 is 19.4 Å². The van der Waals surface area contributed by atoms with E-state index >= 15 is 0 Å². The lowest BCUT2D eigenvalue weighted by Crippen LogP contribution is -2.24. The van der Waals surface area contributed by atoms with Crippen molar-refractivity contribution in [2.45, 2.75) is 13.3 Å². The summed E-state index contributed by atoms with van der Waals surface area (Å²) in [6, 6.07) is 8.89. The summed E-state index contributed by atoms with van der Waals surface area (Å²) in [5.74, 6) is 0.115. The quantitative estimate of drug-likeness (QED) is 0.442. The number of phenols is 1. The Morgan fingerprint density at radius 3 is 2.80 bits per heavy atom. The molecule has 6 heteroatoms. The molecule has 154 valence electrons. The third kappa shape index (κ3) is 4.53. The van der Waals surface area contributed by atoms with Gasteiger partial charge in [-0.05, 0) is 61.4 Å². The Morgan fingerprint density at radius 1 is 1.33 bits per heavy atom. The zero-order valence-electron chi connectivity index (χ0n) is 17.3. The summed E-state index contributed by atoms with van der Waals surface area (Å²) in [4.78, 5) is 15.2. The predicted octanol–water partition coefficient (Wildman–Crippen LogP) is 4.18. The van der Waals surface area contributed by atoms with Crippen molar-refractivity contribution in [2.24, 2.45) is 0 Å². The summed E-state index contributed by atoms with van der Waals surface area (Å²) in [6.45, 7) is 3.46. The van der Waals surface area contributed by atoms with E-state index in [9.17, 15) is 9.90 Å². The van der Waals surface area contributed by atoms with Crippen LogP contribution in [0, 0.1) is 18.4 Å². The van der Waals surface area contributed by atoms with E-state index in [4.69, 9.17) is 14.7 Å². The molecule has 0 bridgehead atoms. The van der Waals surface area contributed by atoms with Crippen LogP contribution in [0.15, 0.2) is 42.5 Å². The van der Waals surface area contributed by atoms with Gasteiger partial charge in [0.15, 0.2) is 11.5 Å². The molecule has 0 aliphatic carbocycles. The maximum absolute atomic E-state index is 13.0. The summed E-state index contributed by atoms with van der Waals surface area (Å²) < 4.78 is 10.2. The Morgan fingerprint density at radius 2 is 2.13 bits per heavy atom. The molecule has 0 fully saturated rings. The number of methoxy groups -OCH3 is 1. The summed E-state index contributed by atoms with van der Waals surface area (Å²) in [7, 11) is 3.60. The van der Waals surface area contributed by atoms with Crippen molar-refractivity contribution in [1.82, 2.24) is 4.90 Å². The van der Waals surface area contributed by atoms with E-state index in [-0.39, 0.29) is 17.1 Å². The zero-order valence-corrected chi connectivity index (χ0v) is 17.3. The van der Waals surface area contributed by atoms with Crippen LogP contribution in [0.3, 0.4) is 0 Å². The molecular weight excluding hydrogens is 380 g/mol. The van der Waals surface area contributed by atoms with Gasteiger partial charge in [0.05, 0.1) is 7.11 Å². The Bertz CT molecular complexity index is 1060. The Kier molecular flexibility index (Phi) is 6.55. The topological polar surface area (TPSA) is 82.8 Å². The first-order chi connectivity index (χ1) is 14.4. The van der Waals surface area contributed by atoms with Gasteiger partial charge in [-0.3, -0.25) is 4.79 Å². The van der Waals surface area contributed by atoms with Crippen molar-refractivity contribution in [3.63, 3.8) is 0 Å². The van der Waals surface area contributed by atoms with Gasteiger partial charge in [0.25, 0.3) is 6.26 Å². The lowest BCUT2D eigenvalue weighted by atomic mass is 9.90. The van der Waals surface area contributed by atoms with Crippen LogP contribution in [0.4, 0.5) is 0 Å². The average Bonchev–Trinajstić information content (AvgIpc) is 2.73. The number of hydrogen-bond acceptors (Lipinski definition) is 6. The number of aromatic hydroxyl groups is 1. The van der Waals surface area contributed by atoms with E-state index in [0.29, 0.717) is 11.3 Å². The number of rotatable bonds is 6. The molecule has 6 nitrogen and oxygen atoms in total. The fraction of sp³-hybridized carbons (Fsp3) is 0.250. The summed E-state index contributed by atoms with van der Waals surface area (Å²) >= 11 is 0. The van der Waals surface area contributed by atoms with Crippen LogP contribution in [0.25, 0.3) is 11.6 Å². The normalized spacial score (nSPS) is 14.3. The van der Waals surface area contributed by atoms with E-state index in [1.54, 1.807) is 31.6 Å². The van der Waals surface area contributed by atoms with Gasteiger partial charge >= 0.3 is 0 Å². The Hall–Kier alpha value is -3.56. The molecule has 1 heterocycles. The van der Waals surface area contributed by atoms with Crippen LogP contribution in [0.2, 0.25) is 0 Å². The molecular formula is C24H24N2O4. The molecule has 0 aromatic heterocycles. The summed E-state index contributed by atoms with van der Waals surface area (Å²) in [6.07, 6.45) is 7.41. The van der Waals surface area contributed by atoms with Crippen LogP contribution in [-0.4, -0.2) is 43.0 Å². The van der Waals surface area contributed by atoms with Gasteiger partial charge in [-0.1, -0.05) is 24.3 Å². The molecule has 0 saturated heterocycles. The molecule has 1 aliphatic heterocycles. The predicted molar refractivity (Wildman–Crippen MR) is 116 cm³/mol. The third-order valence-corrected chi connectivity index (χ3v) is 5.12. The molecule has 2 aromatic rings. The fourth-order valence-electron chi connectivity index (χ4n) is 3.54. The molecule has 1 aliphatic rings. The number of hydrogen-bond donors (Lipinski definition) is 1. The van der Waals surface area contributed by atoms with Gasteiger partial charge in [0.1, 0.15) is 17.1 Å². The highest BCUT2D eigenvalue weighted by molar-refractivity contribution is 6.11. The van der Waals surface area contributed by atoms with Crippen LogP contribution >= 0.6 is 0 Å². The summed E-state index contributed by atoms with van der Waals surface area (Å²) in [5.41, 5.74) is 3.12. The Labute approximate surface area is 176 Å². The number of benzene rings is 2. The van der Waals surface area contributed by atoms with Crippen molar-refractivity contribution in [1.29, 1.82) is 5.26 Å². The number of aryl methyl sites for hydroxylation is 1. The van der Waals surface area contributed by atoms with E-state index < -0.39 is 5.78 Å². The van der Waals surface area contributed by atoms with Gasteiger partial charge in [0, 0.05) is 18.7 Å². The minimum absolute atomic E-state index is 0.0175. The van der Waals surface area contributed by atoms with E-state index in [1.165, 1.54) is 6.08 Å². The van der Waals surface area contributed by atoms with Crippen LogP contribution in [-0.2, 0) is 0 Å². The molecule has 0 amide bonds. The number of carbonyl (C=O) groups is 1. The van der Waals surface area contributed by atoms with Crippen molar-refractivity contribution in [3.8, 4) is 23.5 Å². The molecule has 0 atom stereocenters. The number of phenolic OH excluding ortho intramolecular Hbond substituents is 1. The van der Waals surface area contributed by atoms with Gasteiger partial charge in [-0.2, -0.15) is 0 Å². The highest BCUT2D eigenvalue weighted by Crippen LogP contribution is 2.40. The monoisotopic (exact) mass is 404 g/mol. The first-order valence-corrected chi connectivity index (χ1v) is 9.61. The standard InChI is InChI=1S/C24H24N2O4/c1-16-13-21(30-15-25)23(24(28)22(16)18-9-11-26(2)12-10-18)20(27)8-7-17-5-4-6-19(14-17)29-3/h4-9,13-14,28H,10-12H2,1-3H3/b8-7+. The van der Waals surface area contributed by atoms with Crippen molar-refractivity contribution in [3.05, 3.63) is 64.7 Å². The number of carbonyl (C=O) groups excluding carboxylic acids is 1. The van der Waals surface area contributed by atoms with E-state index in [1.807, 2.05) is 32.2 Å². The molecule has 0 radical (unpaired) electrons. The van der Waals surface area contributed by atoms with Gasteiger partial charge in [0.2, 0.25) is 0 Å². The van der Waals surface area contributed by atoms with Crippen molar-refractivity contribution >= 4 is 17.4 Å². The first kappa shape index (κ1) is 21.2. The zero-order chi connectivity index (χ0) is 21.7. The maximum atomic E-state index is 13.0. The van der Waals surface area contributed by atoms with Gasteiger partial charge in [-0.25, -0.2) is 0 Å². The molecule has 30 heavy (non-hydrogen) atoms. The van der Waals surface area contributed by atoms with Gasteiger partial charge < -0.3 is 19.5 Å². The molecule has 2 aromatic carbocycles. The van der Waals surface area contributed by atoms with Gasteiger partial charge in [-0.15, -0.1) is 5.26 Å². The number of ether oxygens (including phenoxy) is 2. The first-order valence-electron chi connectivity index (χ1n) is 9.61. The number of ketones is 1. The van der Waals surface area contributed by atoms with E-state index in [0.717, 1.165) is 36.2 Å². The highest BCUT2D eigenvalue weighted by Gasteiger charge is 2.24. The SMILES string of the molecule is COc1cccc(/C=C/C(=O)c2c(OC#N)cc(C)c(C3=CCN(C)CC3)c2O)c1. The number of allylic oxidation sites excluding steroid dienone is 1. The number of likely N-dealkylation sites (N-methyl/N-ethyl adjacent to an activating group) is 1. The molecule has 0 saturated carbocycles. The lowest BCUT2D eigenvalue weighted by Gasteiger charge is -2.24. The molecule has 0 spiro atoms. The minimum atomic E-state index is -0.449. The van der Waals surface area contributed by atoms with Crippen LogP contribution < -0.4 is 9.47 Å². The number of nitriles is 1. The second-order valence-electron chi connectivity index (χ2n) is 7.20. The molecule has 3 rings (SSSR count). The number of nitrogens with zero attached hydrogens (tertiary/aromatic N) is 2. The smallest absolute Gasteiger partial charge is 0.292 e. The lowest BCUT2D eigenvalue weighted by molar-refractivity contribution is 0.104. The second-order valence-corrected chi connectivity index (χ2v) is 7.20. The van der Waals surface area contributed by atoms with Crippen LogP contribution in [0.5, 0.6) is 17.2 Å². The maximum Gasteiger partial charge on any atom is 0.292 e. The second kappa shape index (κ2) is 9.29. The fourth-order valence-corrected chi connectivity index (χ4v) is 3.54. The van der Waals surface area contributed by atoms with E-state index in [2.05, 4.69) is 11.0 Å². The average molecular weight is 404 g/mol. The summed E-state index contributed by atoms with van der Waals surface area (Å²) in [5, 5.41) is 20.0.